The van der Waals surface area contributed by atoms with E-state index in [0.717, 1.165) is 22.3 Å². The van der Waals surface area contributed by atoms with Gasteiger partial charge in [0.2, 0.25) is 10.0 Å². The van der Waals surface area contributed by atoms with Crippen molar-refractivity contribution in [1.29, 1.82) is 0 Å². The van der Waals surface area contributed by atoms with Crippen LogP contribution < -0.4 is 4.74 Å². The van der Waals surface area contributed by atoms with Crippen molar-refractivity contribution in [3.8, 4) is 17.0 Å². The molecule has 0 radical (unpaired) electrons. The lowest BCUT2D eigenvalue weighted by Crippen LogP contribution is -2.39. The predicted octanol–water partition coefficient (Wildman–Crippen LogP) is 5.39. The Labute approximate surface area is 198 Å². The summed E-state index contributed by atoms with van der Waals surface area (Å²) in [6.45, 7) is 0.856. The topological polar surface area (TPSA) is 64.4 Å². The molecule has 2 aromatic carbocycles. The van der Waals surface area contributed by atoms with Gasteiger partial charge < -0.3 is 9.30 Å². The van der Waals surface area contributed by atoms with Gasteiger partial charge >= 0.3 is 0 Å². The Balaban J connectivity index is 1.43. The molecule has 1 aliphatic rings. The van der Waals surface area contributed by atoms with Gasteiger partial charge in [-0.15, -0.1) is 0 Å². The van der Waals surface area contributed by atoms with Crippen molar-refractivity contribution in [2.24, 2.45) is 0 Å². The number of fused-ring (bicyclic) bond motifs is 1. The van der Waals surface area contributed by atoms with Crippen LogP contribution in [0.15, 0.2) is 77.8 Å². The Morgan fingerprint density at radius 1 is 1.00 bits per heavy atom. The fraction of sp³-hybridized carbons (Fsp3) is 0.240. The number of halogens is 1. The molecular formula is C25H24ClN3O3S. The first-order valence-corrected chi connectivity index (χ1v) is 12.7. The van der Waals surface area contributed by atoms with Crippen molar-refractivity contribution in [3.63, 3.8) is 0 Å². The first kappa shape index (κ1) is 21.9. The average Bonchev–Trinajstić information content (AvgIpc) is 3.24. The summed E-state index contributed by atoms with van der Waals surface area (Å²) in [7, 11) is -2.13. The number of piperidine rings is 1. The minimum absolute atomic E-state index is 0.151. The Hall–Kier alpha value is -2.87. The zero-order chi connectivity index (χ0) is 23.0. The molecule has 0 bridgehead atoms. The van der Waals surface area contributed by atoms with Gasteiger partial charge in [0, 0.05) is 30.7 Å². The maximum Gasteiger partial charge on any atom is 0.243 e. The van der Waals surface area contributed by atoms with Gasteiger partial charge in [-0.1, -0.05) is 41.9 Å². The van der Waals surface area contributed by atoms with Crippen LogP contribution in [-0.2, 0) is 10.0 Å². The third-order valence-electron chi connectivity index (χ3n) is 6.22. The van der Waals surface area contributed by atoms with E-state index in [4.69, 9.17) is 16.3 Å². The van der Waals surface area contributed by atoms with Crippen molar-refractivity contribution in [2.75, 3.05) is 20.2 Å². The summed E-state index contributed by atoms with van der Waals surface area (Å²) >= 11 is 6.18. The van der Waals surface area contributed by atoms with Crippen LogP contribution in [-0.4, -0.2) is 42.5 Å². The Kier molecular flexibility index (Phi) is 5.86. The summed E-state index contributed by atoms with van der Waals surface area (Å²) in [5, 5.41) is 1.37. The number of hydrogen-bond acceptors (Lipinski definition) is 4. The van der Waals surface area contributed by atoms with E-state index in [1.807, 2.05) is 24.3 Å². The van der Waals surface area contributed by atoms with Gasteiger partial charge in [-0.05, 0) is 54.8 Å². The number of pyridine rings is 1. The molecule has 1 aliphatic heterocycles. The van der Waals surface area contributed by atoms with Gasteiger partial charge in [0.1, 0.15) is 11.4 Å². The fourth-order valence-corrected chi connectivity index (χ4v) is 6.37. The number of aromatic nitrogens is 2. The highest BCUT2D eigenvalue weighted by Crippen LogP contribution is 2.36. The van der Waals surface area contributed by atoms with Gasteiger partial charge in [-0.25, -0.2) is 13.4 Å². The van der Waals surface area contributed by atoms with E-state index in [9.17, 15) is 8.42 Å². The molecule has 8 heteroatoms. The Morgan fingerprint density at radius 2 is 1.76 bits per heavy atom. The summed E-state index contributed by atoms with van der Waals surface area (Å²) in [4.78, 5) is 4.83. The maximum atomic E-state index is 13.2. The molecule has 1 saturated heterocycles. The molecule has 5 rings (SSSR count). The van der Waals surface area contributed by atoms with E-state index in [0.29, 0.717) is 31.7 Å². The van der Waals surface area contributed by atoms with Crippen LogP contribution in [0.5, 0.6) is 5.75 Å². The second-order valence-corrected chi connectivity index (χ2v) is 10.5. The van der Waals surface area contributed by atoms with E-state index < -0.39 is 10.0 Å². The molecule has 3 heterocycles. The molecule has 0 saturated carbocycles. The zero-order valence-corrected chi connectivity index (χ0v) is 19.8. The number of hydrogen-bond donors (Lipinski definition) is 0. The first-order chi connectivity index (χ1) is 16.0. The summed E-state index contributed by atoms with van der Waals surface area (Å²) in [5.41, 5.74) is 3.16. The molecule has 0 N–H and O–H groups in total. The van der Waals surface area contributed by atoms with Gasteiger partial charge in [-0.3, -0.25) is 0 Å². The van der Waals surface area contributed by atoms with Crippen molar-refractivity contribution < 1.29 is 13.2 Å². The molecule has 0 aliphatic carbocycles. The van der Waals surface area contributed by atoms with Gasteiger partial charge in [-0.2, -0.15) is 4.31 Å². The fourth-order valence-electron chi connectivity index (χ4n) is 4.55. The number of nitrogens with zero attached hydrogens (tertiary/aromatic N) is 3. The van der Waals surface area contributed by atoms with Crippen LogP contribution in [0, 0.1) is 0 Å². The Bertz CT molecular complexity index is 1400. The van der Waals surface area contributed by atoms with E-state index in [1.165, 1.54) is 13.2 Å². The Morgan fingerprint density at radius 3 is 2.45 bits per heavy atom. The largest absolute Gasteiger partial charge is 0.495 e. The van der Waals surface area contributed by atoms with Gasteiger partial charge in [0.05, 0.1) is 22.7 Å². The molecule has 0 unspecified atom stereocenters. The van der Waals surface area contributed by atoms with Crippen molar-refractivity contribution >= 4 is 32.7 Å². The molecule has 2 aromatic heterocycles. The van der Waals surface area contributed by atoms with Crippen molar-refractivity contribution in [3.05, 3.63) is 77.9 Å². The number of rotatable bonds is 5. The summed E-state index contributed by atoms with van der Waals surface area (Å²) in [6.07, 6.45) is 3.20. The third kappa shape index (κ3) is 4.01. The molecule has 4 aromatic rings. The molecule has 33 heavy (non-hydrogen) atoms. The smallest absolute Gasteiger partial charge is 0.243 e. The normalized spacial score (nSPS) is 15.7. The highest BCUT2D eigenvalue weighted by Gasteiger charge is 2.32. The minimum atomic E-state index is -3.64. The monoisotopic (exact) mass is 481 g/mol. The number of ether oxygens (including phenoxy) is 1. The van der Waals surface area contributed by atoms with E-state index in [1.54, 1.807) is 22.6 Å². The van der Waals surface area contributed by atoms with Crippen LogP contribution >= 0.6 is 11.6 Å². The van der Waals surface area contributed by atoms with Crippen LogP contribution in [0.25, 0.3) is 22.3 Å². The highest BCUT2D eigenvalue weighted by atomic mass is 35.5. The summed E-state index contributed by atoms with van der Waals surface area (Å²) < 4.78 is 35.4. The molecule has 0 spiro atoms. The average molecular weight is 482 g/mol. The SMILES string of the molecule is COc1ccc(S(=O)(=O)N2CCC(n3c(-c4ccccc4)cc4cccnc43)CC2)cc1Cl. The van der Waals surface area contributed by atoms with E-state index in [2.05, 4.69) is 33.8 Å². The van der Waals surface area contributed by atoms with Crippen LogP contribution in [0.1, 0.15) is 18.9 Å². The van der Waals surface area contributed by atoms with Crippen LogP contribution in [0.3, 0.4) is 0 Å². The van der Waals surface area contributed by atoms with Crippen molar-refractivity contribution in [1.82, 2.24) is 13.9 Å². The minimum Gasteiger partial charge on any atom is -0.495 e. The number of methoxy groups -OCH3 is 1. The van der Waals surface area contributed by atoms with E-state index >= 15 is 0 Å². The maximum absolute atomic E-state index is 13.2. The second-order valence-electron chi connectivity index (χ2n) is 8.11. The molecule has 6 nitrogen and oxygen atoms in total. The first-order valence-electron chi connectivity index (χ1n) is 10.8. The molecule has 1 fully saturated rings. The molecule has 0 amide bonds. The quantitative estimate of drug-likeness (QED) is 0.383. The summed E-state index contributed by atoms with van der Waals surface area (Å²) in [6, 6.07) is 21.2. The number of sulfonamides is 1. The summed E-state index contributed by atoms with van der Waals surface area (Å²) in [5.74, 6) is 0.453. The molecule has 0 atom stereocenters. The zero-order valence-electron chi connectivity index (χ0n) is 18.2. The lowest BCUT2D eigenvalue weighted by molar-refractivity contribution is 0.278. The molecule has 170 valence electrons. The standard InChI is InChI=1S/C25H24ClN3O3S/c1-32-24-10-9-21(17-22(24)26)33(30,31)28-14-11-20(12-15-28)29-23(18-6-3-2-4-7-18)16-19-8-5-13-27-25(19)29/h2-10,13,16-17,20H,11-12,14-15H2,1H3. The van der Waals surface area contributed by atoms with E-state index in [-0.39, 0.29) is 16.0 Å². The third-order valence-corrected chi connectivity index (χ3v) is 8.41. The highest BCUT2D eigenvalue weighted by molar-refractivity contribution is 7.89. The second kappa shape index (κ2) is 8.82. The molecular weight excluding hydrogens is 458 g/mol. The lowest BCUT2D eigenvalue weighted by Gasteiger charge is -2.33. The lowest BCUT2D eigenvalue weighted by atomic mass is 10.1. The van der Waals surface area contributed by atoms with Crippen LogP contribution in [0.4, 0.5) is 0 Å². The van der Waals surface area contributed by atoms with Crippen LogP contribution in [0.2, 0.25) is 5.02 Å². The predicted molar refractivity (Wildman–Crippen MR) is 130 cm³/mol. The van der Waals surface area contributed by atoms with Gasteiger partial charge in [0.25, 0.3) is 0 Å². The number of benzene rings is 2. The van der Waals surface area contributed by atoms with Gasteiger partial charge in [0.15, 0.2) is 0 Å². The van der Waals surface area contributed by atoms with Crippen molar-refractivity contribution in [2.45, 2.75) is 23.8 Å².